The summed E-state index contributed by atoms with van der Waals surface area (Å²) in [7, 11) is -3.82. The Morgan fingerprint density at radius 3 is 2.55 bits per heavy atom. The van der Waals surface area contributed by atoms with E-state index in [1.807, 2.05) is 4.90 Å². The van der Waals surface area contributed by atoms with Crippen molar-refractivity contribution < 1.29 is 12.8 Å². The molecule has 1 aliphatic heterocycles. The van der Waals surface area contributed by atoms with Crippen LogP contribution in [-0.2, 0) is 10.0 Å². The van der Waals surface area contributed by atoms with Gasteiger partial charge in [0, 0.05) is 26.2 Å². The van der Waals surface area contributed by atoms with Crippen molar-refractivity contribution in [3.63, 3.8) is 0 Å². The molecule has 0 spiro atoms. The highest BCUT2D eigenvalue weighted by Crippen LogP contribution is 2.22. The maximum Gasteiger partial charge on any atom is 0.246 e. The highest BCUT2D eigenvalue weighted by Gasteiger charge is 2.31. The lowest BCUT2D eigenvalue weighted by molar-refractivity contribution is 0.380. The van der Waals surface area contributed by atoms with E-state index in [0.29, 0.717) is 24.6 Å². The summed E-state index contributed by atoms with van der Waals surface area (Å²) >= 11 is 0. The summed E-state index contributed by atoms with van der Waals surface area (Å²) in [6.07, 6.45) is 1.40. The van der Waals surface area contributed by atoms with Gasteiger partial charge in [0.15, 0.2) is 0 Å². The first kappa shape index (κ1) is 14.9. The van der Waals surface area contributed by atoms with Crippen LogP contribution in [0.25, 0.3) is 0 Å². The first-order valence-corrected chi connectivity index (χ1v) is 8.29. The number of aromatic amines is 1. The summed E-state index contributed by atoms with van der Waals surface area (Å²) in [5.74, 6) is -0.101. The van der Waals surface area contributed by atoms with E-state index in [9.17, 15) is 12.8 Å². The van der Waals surface area contributed by atoms with Crippen LogP contribution in [0, 0.1) is 12.7 Å². The Balaban J connectivity index is 1.77. The molecule has 1 N–H and O–H groups in total. The van der Waals surface area contributed by atoms with Crippen molar-refractivity contribution >= 4 is 16.0 Å². The minimum atomic E-state index is -3.82. The Morgan fingerprint density at radius 1 is 1.23 bits per heavy atom. The molecule has 0 saturated carbocycles. The molecule has 1 fully saturated rings. The van der Waals surface area contributed by atoms with Crippen LogP contribution in [0.5, 0.6) is 0 Å². The quantitative estimate of drug-likeness (QED) is 0.901. The smallest absolute Gasteiger partial charge is 0.246 e. The van der Waals surface area contributed by atoms with Gasteiger partial charge >= 0.3 is 0 Å². The lowest BCUT2D eigenvalue weighted by Gasteiger charge is -2.33. The number of piperazine rings is 1. The van der Waals surface area contributed by atoms with Crippen LogP contribution in [0.15, 0.2) is 29.4 Å². The molecule has 0 bridgehead atoms. The fourth-order valence-corrected chi connectivity index (χ4v) is 3.91. The van der Waals surface area contributed by atoms with Crippen molar-refractivity contribution in [1.29, 1.82) is 0 Å². The number of sulfonamides is 1. The largest absolute Gasteiger partial charge is 0.339 e. The van der Waals surface area contributed by atoms with Gasteiger partial charge in [-0.15, -0.1) is 0 Å². The molecular formula is C13H16FN5O2S. The van der Waals surface area contributed by atoms with E-state index < -0.39 is 15.8 Å². The molecule has 1 aromatic heterocycles. The average Bonchev–Trinajstić information content (AvgIpc) is 3.01. The zero-order valence-electron chi connectivity index (χ0n) is 12.0. The Morgan fingerprint density at radius 2 is 1.95 bits per heavy atom. The number of hydrogen-bond donors (Lipinski definition) is 1. The second-order valence-electron chi connectivity index (χ2n) is 5.13. The van der Waals surface area contributed by atoms with Gasteiger partial charge in [-0.1, -0.05) is 6.07 Å². The van der Waals surface area contributed by atoms with E-state index in [1.165, 1.54) is 22.8 Å². The number of hydrogen-bond acceptors (Lipinski definition) is 5. The fourth-order valence-electron chi connectivity index (χ4n) is 2.45. The van der Waals surface area contributed by atoms with Gasteiger partial charge < -0.3 is 4.90 Å². The van der Waals surface area contributed by atoms with Crippen LogP contribution in [0.1, 0.15) is 5.56 Å². The SMILES string of the molecule is Cc1ccc(S(=O)(=O)N2CCN(c3ncn[nH]3)CC2)c(F)c1. The number of H-pyrrole nitrogens is 1. The van der Waals surface area contributed by atoms with Gasteiger partial charge in [-0.25, -0.2) is 17.9 Å². The van der Waals surface area contributed by atoms with Gasteiger partial charge in [0.2, 0.25) is 16.0 Å². The molecule has 1 aliphatic rings. The van der Waals surface area contributed by atoms with Gasteiger partial charge in [0.1, 0.15) is 17.0 Å². The summed E-state index contributed by atoms with van der Waals surface area (Å²) in [5, 5.41) is 6.52. The summed E-state index contributed by atoms with van der Waals surface area (Å²) in [4.78, 5) is 5.68. The molecule has 0 aliphatic carbocycles. The first-order chi connectivity index (χ1) is 10.5. The molecule has 22 heavy (non-hydrogen) atoms. The third-order valence-corrected chi connectivity index (χ3v) is 5.58. The maximum absolute atomic E-state index is 14.0. The number of nitrogens with one attached hydrogen (secondary N) is 1. The second-order valence-corrected chi connectivity index (χ2v) is 7.04. The van der Waals surface area contributed by atoms with Crippen LogP contribution >= 0.6 is 0 Å². The molecule has 1 aromatic carbocycles. The monoisotopic (exact) mass is 325 g/mol. The summed E-state index contributed by atoms with van der Waals surface area (Å²) in [6, 6.07) is 4.15. The Kier molecular flexibility index (Phi) is 3.83. The van der Waals surface area contributed by atoms with E-state index in [-0.39, 0.29) is 18.0 Å². The van der Waals surface area contributed by atoms with Gasteiger partial charge in [0.05, 0.1) is 0 Å². The van der Waals surface area contributed by atoms with Gasteiger partial charge in [-0.2, -0.15) is 14.4 Å². The zero-order valence-corrected chi connectivity index (χ0v) is 12.8. The highest BCUT2D eigenvalue weighted by molar-refractivity contribution is 7.89. The van der Waals surface area contributed by atoms with Crippen LogP contribution in [-0.4, -0.2) is 54.1 Å². The molecule has 0 amide bonds. The average molecular weight is 325 g/mol. The number of benzene rings is 1. The van der Waals surface area contributed by atoms with Gasteiger partial charge in [-0.3, -0.25) is 0 Å². The second kappa shape index (κ2) is 5.65. The zero-order chi connectivity index (χ0) is 15.7. The molecule has 2 aromatic rings. The summed E-state index contributed by atoms with van der Waals surface area (Å²) in [5.41, 5.74) is 0.687. The van der Waals surface area contributed by atoms with Gasteiger partial charge in [-0.05, 0) is 24.6 Å². The minimum absolute atomic E-state index is 0.272. The van der Waals surface area contributed by atoms with Crippen LogP contribution in [0.4, 0.5) is 10.3 Å². The topological polar surface area (TPSA) is 82.2 Å². The number of anilines is 1. The van der Waals surface area contributed by atoms with Crippen LogP contribution in [0.2, 0.25) is 0 Å². The molecule has 3 rings (SSSR count). The van der Waals surface area contributed by atoms with Gasteiger partial charge in [0.25, 0.3) is 0 Å². The number of nitrogens with zero attached hydrogens (tertiary/aromatic N) is 4. The van der Waals surface area contributed by atoms with Crippen LogP contribution in [0.3, 0.4) is 0 Å². The molecule has 2 heterocycles. The molecule has 0 unspecified atom stereocenters. The number of rotatable bonds is 3. The highest BCUT2D eigenvalue weighted by atomic mass is 32.2. The van der Waals surface area contributed by atoms with Crippen molar-refractivity contribution in [2.24, 2.45) is 0 Å². The van der Waals surface area contributed by atoms with Crippen molar-refractivity contribution in [2.75, 3.05) is 31.1 Å². The Labute approximate surface area is 127 Å². The van der Waals surface area contributed by atoms with Crippen LogP contribution < -0.4 is 4.90 Å². The van der Waals surface area contributed by atoms with Crippen molar-refractivity contribution in [3.8, 4) is 0 Å². The number of aromatic nitrogens is 3. The Bertz CT molecular complexity index is 755. The van der Waals surface area contributed by atoms with Crippen molar-refractivity contribution in [2.45, 2.75) is 11.8 Å². The van der Waals surface area contributed by atoms with E-state index in [4.69, 9.17) is 0 Å². The molecule has 0 atom stereocenters. The van der Waals surface area contributed by atoms with E-state index in [1.54, 1.807) is 13.0 Å². The maximum atomic E-state index is 14.0. The Hall–Kier alpha value is -2.00. The first-order valence-electron chi connectivity index (χ1n) is 6.85. The molecule has 0 radical (unpaired) electrons. The summed E-state index contributed by atoms with van der Waals surface area (Å²) < 4.78 is 40.3. The van der Waals surface area contributed by atoms with E-state index in [0.717, 1.165) is 0 Å². The minimum Gasteiger partial charge on any atom is -0.339 e. The lowest BCUT2D eigenvalue weighted by Crippen LogP contribution is -2.49. The lowest BCUT2D eigenvalue weighted by atomic mass is 10.2. The predicted molar refractivity (Wildman–Crippen MR) is 78.5 cm³/mol. The third-order valence-electron chi connectivity index (χ3n) is 3.65. The molecule has 7 nitrogen and oxygen atoms in total. The molecule has 118 valence electrons. The standard InChI is InChI=1S/C13H16FN5O2S/c1-10-2-3-12(11(14)8-10)22(20,21)19-6-4-18(5-7-19)13-15-9-16-17-13/h2-3,8-9H,4-7H2,1H3,(H,15,16,17). The number of aryl methyl sites for hydroxylation is 1. The fraction of sp³-hybridized carbons (Fsp3) is 0.385. The summed E-state index contributed by atoms with van der Waals surface area (Å²) in [6.45, 7) is 3.21. The molecular weight excluding hydrogens is 309 g/mol. The normalized spacial score (nSPS) is 16.9. The van der Waals surface area contributed by atoms with E-state index in [2.05, 4.69) is 15.2 Å². The number of halogens is 1. The molecule has 1 saturated heterocycles. The van der Waals surface area contributed by atoms with Crippen molar-refractivity contribution in [3.05, 3.63) is 35.9 Å². The predicted octanol–water partition coefficient (Wildman–Crippen LogP) is 0.763. The third kappa shape index (κ3) is 2.69. The van der Waals surface area contributed by atoms with E-state index >= 15 is 0 Å². The van der Waals surface area contributed by atoms with Crippen molar-refractivity contribution in [1.82, 2.24) is 19.5 Å². The molecule has 9 heteroatoms.